The van der Waals surface area contributed by atoms with Gasteiger partial charge in [-0.1, -0.05) is 29.8 Å². The SMILES string of the molecule is CS(=O)(=O)N(Cc1ccc(C(=O)N2CCOCC2)cc1)c1cccc(Cl)c1. The molecule has 1 aliphatic heterocycles. The van der Waals surface area contributed by atoms with Crippen molar-refractivity contribution in [3.8, 4) is 0 Å². The highest BCUT2D eigenvalue weighted by Crippen LogP contribution is 2.24. The van der Waals surface area contributed by atoms with E-state index in [0.29, 0.717) is 42.6 Å². The number of hydrogen-bond acceptors (Lipinski definition) is 4. The first kappa shape index (κ1) is 19.7. The summed E-state index contributed by atoms with van der Waals surface area (Å²) < 4.78 is 31.0. The molecule has 1 aliphatic rings. The minimum absolute atomic E-state index is 0.0420. The Morgan fingerprint density at radius 1 is 1.15 bits per heavy atom. The molecule has 2 aromatic rings. The summed E-state index contributed by atoms with van der Waals surface area (Å²) in [5.74, 6) is -0.0420. The van der Waals surface area contributed by atoms with E-state index >= 15 is 0 Å². The molecule has 0 atom stereocenters. The van der Waals surface area contributed by atoms with Gasteiger partial charge < -0.3 is 9.64 Å². The minimum Gasteiger partial charge on any atom is -0.378 e. The third-order valence-electron chi connectivity index (χ3n) is 4.32. The van der Waals surface area contributed by atoms with E-state index in [4.69, 9.17) is 16.3 Å². The molecule has 0 aliphatic carbocycles. The molecule has 27 heavy (non-hydrogen) atoms. The Morgan fingerprint density at radius 3 is 2.41 bits per heavy atom. The predicted molar refractivity (Wildman–Crippen MR) is 106 cm³/mol. The molecule has 1 saturated heterocycles. The number of ether oxygens (including phenoxy) is 1. The smallest absolute Gasteiger partial charge is 0.254 e. The van der Waals surface area contributed by atoms with Gasteiger partial charge in [0.1, 0.15) is 0 Å². The van der Waals surface area contributed by atoms with Gasteiger partial charge in [0, 0.05) is 23.7 Å². The van der Waals surface area contributed by atoms with Crippen molar-refractivity contribution in [1.82, 2.24) is 4.90 Å². The fourth-order valence-corrected chi connectivity index (χ4v) is 3.96. The van der Waals surface area contributed by atoms with Crippen LogP contribution < -0.4 is 4.31 Å². The second-order valence-corrected chi connectivity index (χ2v) is 8.69. The van der Waals surface area contributed by atoms with Crippen LogP contribution in [0, 0.1) is 0 Å². The van der Waals surface area contributed by atoms with Crippen molar-refractivity contribution in [3.05, 3.63) is 64.7 Å². The Hall–Kier alpha value is -2.09. The van der Waals surface area contributed by atoms with Crippen LogP contribution in [-0.4, -0.2) is 51.8 Å². The molecule has 1 amide bonds. The number of amides is 1. The van der Waals surface area contributed by atoms with E-state index in [1.165, 1.54) is 4.31 Å². The monoisotopic (exact) mass is 408 g/mol. The molecule has 0 bridgehead atoms. The Labute approximate surface area is 164 Å². The van der Waals surface area contributed by atoms with Crippen molar-refractivity contribution in [2.24, 2.45) is 0 Å². The van der Waals surface area contributed by atoms with Crippen LogP contribution >= 0.6 is 11.6 Å². The van der Waals surface area contributed by atoms with Crippen molar-refractivity contribution in [2.45, 2.75) is 6.54 Å². The molecule has 8 heteroatoms. The summed E-state index contributed by atoms with van der Waals surface area (Å²) in [7, 11) is -3.49. The quantitative estimate of drug-likeness (QED) is 0.763. The van der Waals surface area contributed by atoms with Crippen LogP contribution in [0.15, 0.2) is 48.5 Å². The van der Waals surface area contributed by atoms with Gasteiger partial charge in [0.05, 0.1) is 31.7 Å². The van der Waals surface area contributed by atoms with E-state index in [0.717, 1.165) is 11.8 Å². The van der Waals surface area contributed by atoms with Gasteiger partial charge in [0.15, 0.2) is 0 Å². The molecular formula is C19H21ClN2O4S. The number of carbonyl (C=O) groups excluding carboxylic acids is 1. The van der Waals surface area contributed by atoms with Crippen LogP contribution in [0.5, 0.6) is 0 Å². The third-order valence-corrected chi connectivity index (χ3v) is 5.70. The predicted octanol–water partition coefficient (Wildman–Crippen LogP) is 2.78. The van der Waals surface area contributed by atoms with Crippen LogP contribution in [0.1, 0.15) is 15.9 Å². The molecule has 0 unspecified atom stereocenters. The van der Waals surface area contributed by atoms with Crippen molar-refractivity contribution >= 4 is 33.2 Å². The summed E-state index contributed by atoms with van der Waals surface area (Å²) in [5, 5.41) is 0.465. The maximum Gasteiger partial charge on any atom is 0.254 e. The molecule has 0 spiro atoms. The van der Waals surface area contributed by atoms with Gasteiger partial charge in [0.2, 0.25) is 10.0 Å². The lowest BCUT2D eigenvalue weighted by Gasteiger charge is -2.27. The standard InChI is InChI=1S/C19H21ClN2O4S/c1-27(24,25)22(18-4-2-3-17(20)13-18)14-15-5-7-16(8-6-15)19(23)21-9-11-26-12-10-21/h2-8,13H,9-12,14H2,1H3. The van der Waals surface area contributed by atoms with Crippen molar-refractivity contribution < 1.29 is 17.9 Å². The molecule has 3 rings (SSSR count). The molecule has 6 nitrogen and oxygen atoms in total. The van der Waals surface area contributed by atoms with Crippen LogP contribution in [0.25, 0.3) is 0 Å². The van der Waals surface area contributed by atoms with E-state index in [-0.39, 0.29) is 12.5 Å². The summed E-state index contributed by atoms with van der Waals surface area (Å²) >= 11 is 6.00. The number of hydrogen-bond donors (Lipinski definition) is 0. The van der Waals surface area contributed by atoms with E-state index < -0.39 is 10.0 Å². The van der Waals surface area contributed by atoms with Gasteiger partial charge in [-0.15, -0.1) is 0 Å². The highest BCUT2D eigenvalue weighted by atomic mass is 35.5. The number of sulfonamides is 1. The normalized spacial score (nSPS) is 14.8. The zero-order chi connectivity index (χ0) is 19.4. The summed E-state index contributed by atoms with van der Waals surface area (Å²) in [6.45, 7) is 2.42. The summed E-state index contributed by atoms with van der Waals surface area (Å²) in [5.41, 5.74) is 1.85. The number of halogens is 1. The molecule has 144 valence electrons. The average molecular weight is 409 g/mol. The van der Waals surface area contributed by atoms with Crippen LogP contribution in [0.2, 0.25) is 5.02 Å². The lowest BCUT2D eigenvalue weighted by molar-refractivity contribution is 0.0303. The molecule has 0 radical (unpaired) electrons. The van der Waals surface area contributed by atoms with Crippen molar-refractivity contribution in [1.29, 1.82) is 0 Å². The number of nitrogens with zero attached hydrogens (tertiary/aromatic N) is 2. The van der Waals surface area contributed by atoms with Crippen molar-refractivity contribution in [2.75, 3.05) is 36.9 Å². The minimum atomic E-state index is -3.49. The van der Waals surface area contributed by atoms with E-state index in [1.807, 2.05) is 0 Å². The van der Waals surface area contributed by atoms with Crippen LogP contribution in [-0.2, 0) is 21.3 Å². The summed E-state index contributed by atoms with van der Waals surface area (Å²) in [6.07, 6.45) is 1.16. The lowest BCUT2D eigenvalue weighted by Crippen LogP contribution is -2.40. The number of carbonyl (C=O) groups is 1. The van der Waals surface area contributed by atoms with Gasteiger partial charge in [-0.3, -0.25) is 9.10 Å². The molecule has 0 saturated carbocycles. The van der Waals surface area contributed by atoms with Gasteiger partial charge in [-0.2, -0.15) is 0 Å². The summed E-state index contributed by atoms with van der Waals surface area (Å²) in [6, 6.07) is 13.7. The summed E-state index contributed by atoms with van der Waals surface area (Å²) in [4.78, 5) is 14.3. The highest BCUT2D eigenvalue weighted by Gasteiger charge is 2.20. The third kappa shape index (κ3) is 5.00. The number of benzene rings is 2. The molecule has 0 N–H and O–H groups in total. The maximum atomic E-state index is 12.5. The molecular weight excluding hydrogens is 388 g/mol. The first-order valence-corrected chi connectivity index (χ1v) is 10.8. The number of anilines is 1. The zero-order valence-corrected chi connectivity index (χ0v) is 16.5. The van der Waals surface area contributed by atoms with E-state index in [1.54, 1.807) is 53.4 Å². The van der Waals surface area contributed by atoms with Gasteiger partial charge in [0.25, 0.3) is 5.91 Å². The number of morpholine rings is 1. The first-order chi connectivity index (χ1) is 12.8. The van der Waals surface area contributed by atoms with Gasteiger partial charge in [-0.25, -0.2) is 8.42 Å². The fourth-order valence-electron chi connectivity index (χ4n) is 2.90. The number of rotatable bonds is 5. The van der Waals surface area contributed by atoms with E-state index in [2.05, 4.69) is 0 Å². The Bertz CT molecular complexity index is 910. The molecule has 1 fully saturated rings. The fraction of sp³-hybridized carbons (Fsp3) is 0.316. The first-order valence-electron chi connectivity index (χ1n) is 8.54. The van der Waals surface area contributed by atoms with Gasteiger partial charge in [-0.05, 0) is 35.9 Å². The van der Waals surface area contributed by atoms with Gasteiger partial charge >= 0.3 is 0 Å². The average Bonchev–Trinajstić information content (AvgIpc) is 2.66. The topological polar surface area (TPSA) is 66.9 Å². The molecule has 0 aromatic heterocycles. The Balaban J connectivity index is 1.78. The zero-order valence-electron chi connectivity index (χ0n) is 15.0. The van der Waals surface area contributed by atoms with Crippen molar-refractivity contribution in [3.63, 3.8) is 0 Å². The van der Waals surface area contributed by atoms with Crippen LogP contribution in [0.4, 0.5) is 5.69 Å². The molecule has 2 aromatic carbocycles. The Kier molecular flexibility index (Phi) is 6.04. The second kappa shape index (κ2) is 8.29. The highest BCUT2D eigenvalue weighted by molar-refractivity contribution is 7.92. The second-order valence-electron chi connectivity index (χ2n) is 6.35. The van der Waals surface area contributed by atoms with E-state index in [9.17, 15) is 13.2 Å². The lowest BCUT2D eigenvalue weighted by atomic mass is 10.1. The van der Waals surface area contributed by atoms with Crippen LogP contribution in [0.3, 0.4) is 0 Å². The largest absolute Gasteiger partial charge is 0.378 e. The Morgan fingerprint density at radius 2 is 1.81 bits per heavy atom. The maximum absolute atomic E-state index is 12.5. The molecule has 1 heterocycles.